The summed E-state index contributed by atoms with van der Waals surface area (Å²) in [6, 6.07) is 13.6. The molecule has 3 aromatic rings. The average Bonchev–Trinajstić information content (AvgIpc) is 3.06. The van der Waals surface area contributed by atoms with E-state index in [9.17, 15) is 8.42 Å². The molecule has 0 atom stereocenters. The van der Waals surface area contributed by atoms with E-state index in [1.807, 2.05) is 6.07 Å². The van der Waals surface area contributed by atoms with Crippen LogP contribution in [-0.2, 0) is 10.0 Å². The summed E-state index contributed by atoms with van der Waals surface area (Å²) in [6.07, 6.45) is 3.59. The van der Waals surface area contributed by atoms with Gasteiger partial charge in [0.1, 0.15) is 11.5 Å². The third-order valence-electron chi connectivity index (χ3n) is 4.01. The van der Waals surface area contributed by atoms with Crippen molar-refractivity contribution in [2.24, 2.45) is 0 Å². The minimum absolute atomic E-state index is 0.226. The number of fused-ring (bicyclic) bond motifs is 1. The lowest BCUT2D eigenvalue weighted by Crippen LogP contribution is -2.11. The Kier molecular flexibility index (Phi) is 4.99. The molecule has 1 heterocycles. The molecule has 132 valence electrons. The highest BCUT2D eigenvalue weighted by atomic mass is 32.2. The van der Waals surface area contributed by atoms with Crippen LogP contribution in [0.3, 0.4) is 0 Å². The molecule has 0 aliphatic heterocycles. The van der Waals surface area contributed by atoms with Crippen molar-refractivity contribution in [3.05, 3.63) is 54.7 Å². The summed E-state index contributed by atoms with van der Waals surface area (Å²) >= 11 is 0. The van der Waals surface area contributed by atoms with Gasteiger partial charge in [0.2, 0.25) is 0 Å². The standard InChI is InChI=1S/C19H21NO4S/c1-3-4-13-24-16-5-8-18(9-6-16)25(21,22)20-12-11-15-14-17(23-2)7-10-19(15)20/h5-12,14H,3-4,13H2,1-2H3. The third kappa shape index (κ3) is 3.49. The summed E-state index contributed by atoms with van der Waals surface area (Å²) < 4.78 is 37.9. The Morgan fingerprint density at radius 2 is 1.72 bits per heavy atom. The van der Waals surface area contributed by atoms with Crippen LogP contribution in [0.2, 0.25) is 0 Å². The average molecular weight is 359 g/mol. The van der Waals surface area contributed by atoms with Crippen LogP contribution in [0.1, 0.15) is 19.8 Å². The van der Waals surface area contributed by atoms with E-state index in [2.05, 4.69) is 6.92 Å². The van der Waals surface area contributed by atoms with Crippen molar-refractivity contribution in [3.63, 3.8) is 0 Å². The molecule has 1 aromatic heterocycles. The Labute approximate surface area is 147 Å². The lowest BCUT2D eigenvalue weighted by molar-refractivity contribution is 0.309. The van der Waals surface area contributed by atoms with Gasteiger partial charge < -0.3 is 9.47 Å². The normalized spacial score (nSPS) is 11.6. The van der Waals surface area contributed by atoms with E-state index in [0.717, 1.165) is 18.2 Å². The van der Waals surface area contributed by atoms with Gasteiger partial charge in [-0.05, 0) is 55.0 Å². The summed E-state index contributed by atoms with van der Waals surface area (Å²) in [7, 11) is -2.08. The molecule has 0 bridgehead atoms. The summed E-state index contributed by atoms with van der Waals surface area (Å²) in [5, 5.41) is 0.808. The number of benzene rings is 2. The second kappa shape index (κ2) is 7.19. The summed E-state index contributed by atoms with van der Waals surface area (Å²) in [4.78, 5) is 0.226. The molecule has 0 spiro atoms. The van der Waals surface area contributed by atoms with Crippen molar-refractivity contribution in [1.29, 1.82) is 0 Å². The molecule has 0 fully saturated rings. The van der Waals surface area contributed by atoms with Gasteiger partial charge in [-0.1, -0.05) is 13.3 Å². The second-order valence-electron chi connectivity index (χ2n) is 5.71. The predicted molar refractivity (Wildman–Crippen MR) is 97.9 cm³/mol. The van der Waals surface area contributed by atoms with Gasteiger partial charge in [-0.3, -0.25) is 0 Å². The van der Waals surface area contributed by atoms with Crippen LogP contribution in [0.5, 0.6) is 11.5 Å². The molecular weight excluding hydrogens is 338 g/mol. The van der Waals surface area contributed by atoms with Crippen LogP contribution in [0, 0.1) is 0 Å². The van der Waals surface area contributed by atoms with Gasteiger partial charge in [0.15, 0.2) is 0 Å². The molecule has 0 amide bonds. The third-order valence-corrected chi connectivity index (χ3v) is 5.71. The Hall–Kier alpha value is -2.47. The highest BCUT2D eigenvalue weighted by Crippen LogP contribution is 2.26. The number of aromatic nitrogens is 1. The molecule has 0 aliphatic carbocycles. The molecule has 0 N–H and O–H groups in total. The number of unbranched alkanes of at least 4 members (excludes halogenated alkanes) is 1. The molecule has 0 unspecified atom stereocenters. The fraction of sp³-hybridized carbons (Fsp3) is 0.263. The van der Waals surface area contributed by atoms with Gasteiger partial charge in [-0.25, -0.2) is 12.4 Å². The summed E-state index contributed by atoms with van der Waals surface area (Å²) in [5.41, 5.74) is 0.615. The summed E-state index contributed by atoms with van der Waals surface area (Å²) in [5.74, 6) is 1.37. The molecule has 2 aromatic carbocycles. The van der Waals surface area contributed by atoms with E-state index >= 15 is 0 Å². The fourth-order valence-electron chi connectivity index (χ4n) is 2.59. The molecular formula is C19H21NO4S. The number of hydrogen-bond acceptors (Lipinski definition) is 4. The summed E-state index contributed by atoms with van der Waals surface area (Å²) in [6.45, 7) is 2.72. The van der Waals surface area contributed by atoms with Crippen LogP contribution in [0.4, 0.5) is 0 Å². The van der Waals surface area contributed by atoms with Gasteiger partial charge in [-0.15, -0.1) is 0 Å². The number of rotatable bonds is 7. The van der Waals surface area contributed by atoms with Crippen molar-refractivity contribution in [3.8, 4) is 11.5 Å². The SMILES string of the molecule is CCCCOc1ccc(S(=O)(=O)n2ccc3cc(OC)ccc32)cc1. The number of ether oxygens (including phenoxy) is 2. The first-order valence-corrected chi connectivity index (χ1v) is 9.64. The van der Waals surface area contributed by atoms with Crippen molar-refractivity contribution < 1.29 is 17.9 Å². The van der Waals surface area contributed by atoms with Crippen LogP contribution in [-0.4, -0.2) is 26.1 Å². The predicted octanol–water partition coefficient (Wildman–Crippen LogP) is 4.07. The maximum Gasteiger partial charge on any atom is 0.268 e. The van der Waals surface area contributed by atoms with E-state index < -0.39 is 10.0 Å². The minimum atomic E-state index is -3.66. The first-order valence-electron chi connectivity index (χ1n) is 8.20. The van der Waals surface area contributed by atoms with Crippen LogP contribution >= 0.6 is 0 Å². The van der Waals surface area contributed by atoms with Crippen LogP contribution in [0.15, 0.2) is 59.6 Å². The maximum absolute atomic E-state index is 12.9. The number of hydrogen-bond donors (Lipinski definition) is 0. The van der Waals surface area contributed by atoms with E-state index in [4.69, 9.17) is 9.47 Å². The molecule has 0 saturated carbocycles. The molecule has 3 rings (SSSR count). The van der Waals surface area contributed by atoms with E-state index in [1.165, 1.54) is 3.97 Å². The molecule has 0 radical (unpaired) electrons. The zero-order chi connectivity index (χ0) is 17.9. The molecule has 25 heavy (non-hydrogen) atoms. The minimum Gasteiger partial charge on any atom is -0.497 e. The van der Waals surface area contributed by atoms with Crippen molar-refractivity contribution >= 4 is 20.9 Å². The lowest BCUT2D eigenvalue weighted by Gasteiger charge is -2.10. The smallest absolute Gasteiger partial charge is 0.268 e. The van der Waals surface area contributed by atoms with Gasteiger partial charge >= 0.3 is 0 Å². The fourth-order valence-corrected chi connectivity index (χ4v) is 3.94. The Balaban J connectivity index is 1.91. The van der Waals surface area contributed by atoms with Gasteiger partial charge in [-0.2, -0.15) is 0 Å². The molecule has 0 aliphatic rings. The quantitative estimate of drug-likeness (QED) is 0.597. The highest BCUT2D eigenvalue weighted by molar-refractivity contribution is 7.90. The number of nitrogens with zero attached hydrogens (tertiary/aromatic N) is 1. The van der Waals surface area contributed by atoms with Crippen molar-refractivity contribution in [2.75, 3.05) is 13.7 Å². The van der Waals surface area contributed by atoms with Gasteiger partial charge in [0, 0.05) is 11.6 Å². The van der Waals surface area contributed by atoms with Crippen molar-refractivity contribution in [1.82, 2.24) is 3.97 Å². The second-order valence-corrected chi connectivity index (χ2v) is 7.53. The maximum atomic E-state index is 12.9. The first-order chi connectivity index (χ1) is 12.1. The largest absolute Gasteiger partial charge is 0.497 e. The molecule has 5 nitrogen and oxygen atoms in total. The first kappa shape index (κ1) is 17.4. The Morgan fingerprint density at radius 3 is 2.40 bits per heavy atom. The van der Waals surface area contributed by atoms with E-state index in [1.54, 1.807) is 55.8 Å². The topological polar surface area (TPSA) is 57.5 Å². The highest BCUT2D eigenvalue weighted by Gasteiger charge is 2.19. The van der Waals surface area contributed by atoms with Crippen LogP contribution < -0.4 is 9.47 Å². The van der Waals surface area contributed by atoms with E-state index in [-0.39, 0.29) is 4.90 Å². The van der Waals surface area contributed by atoms with Gasteiger partial charge in [0.05, 0.1) is 24.1 Å². The Bertz CT molecular complexity index is 959. The molecule has 0 saturated heterocycles. The molecule has 6 heteroatoms. The Morgan fingerprint density at radius 1 is 1.00 bits per heavy atom. The lowest BCUT2D eigenvalue weighted by atomic mass is 10.2. The van der Waals surface area contributed by atoms with Crippen LogP contribution in [0.25, 0.3) is 10.9 Å². The monoisotopic (exact) mass is 359 g/mol. The van der Waals surface area contributed by atoms with Crippen molar-refractivity contribution in [2.45, 2.75) is 24.7 Å². The number of methoxy groups -OCH3 is 1. The zero-order valence-electron chi connectivity index (χ0n) is 14.3. The van der Waals surface area contributed by atoms with Gasteiger partial charge in [0.25, 0.3) is 10.0 Å². The van der Waals surface area contributed by atoms with E-state index in [0.29, 0.717) is 23.6 Å². The zero-order valence-corrected chi connectivity index (χ0v) is 15.1.